The van der Waals surface area contributed by atoms with Crippen molar-refractivity contribution in [3.05, 3.63) is 42.2 Å². The molecule has 0 bridgehead atoms. The number of rotatable bonds is 7. The highest BCUT2D eigenvalue weighted by atomic mass is 16.5. The van der Waals surface area contributed by atoms with Gasteiger partial charge >= 0.3 is 0 Å². The molecule has 0 aliphatic carbocycles. The first-order valence-corrected chi connectivity index (χ1v) is 7.44. The second-order valence-corrected chi connectivity index (χ2v) is 5.55. The van der Waals surface area contributed by atoms with Crippen molar-refractivity contribution in [1.29, 1.82) is 0 Å². The standard InChI is InChI=1S/C17H22N4O2/c1-12(8-16(18)22)21(2)11-13-9-19-17(20-10-13)14-6-4-5-7-15(14)23-3/h4-7,9-10,12H,8,11H2,1-3H3,(H2,18,22). The van der Waals surface area contributed by atoms with Crippen molar-refractivity contribution >= 4 is 5.91 Å². The summed E-state index contributed by atoms with van der Waals surface area (Å²) in [5, 5.41) is 0. The highest BCUT2D eigenvalue weighted by Crippen LogP contribution is 2.26. The fourth-order valence-corrected chi connectivity index (χ4v) is 2.30. The Balaban J connectivity index is 2.09. The van der Waals surface area contributed by atoms with Gasteiger partial charge in [-0.1, -0.05) is 12.1 Å². The zero-order valence-corrected chi connectivity index (χ0v) is 13.7. The normalized spacial score (nSPS) is 12.2. The Morgan fingerprint density at radius 3 is 2.57 bits per heavy atom. The summed E-state index contributed by atoms with van der Waals surface area (Å²) in [6.45, 7) is 2.62. The van der Waals surface area contributed by atoms with Gasteiger partial charge in [-0.25, -0.2) is 9.97 Å². The zero-order valence-electron chi connectivity index (χ0n) is 13.7. The average molecular weight is 314 g/mol. The molecule has 1 aromatic carbocycles. The van der Waals surface area contributed by atoms with Gasteiger partial charge < -0.3 is 10.5 Å². The SMILES string of the molecule is COc1ccccc1-c1ncc(CN(C)C(C)CC(N)=O)cn1. The van der Waals surface area contributed by atoms with E-state index in [1.807, 2.05) is 43.1 Å². The molecule has 1 heterocycles. The molecule has 6 heteroatoms. The number of ether oxygens (including phenoxy) is 1. The van der Waals surface area contributed by atoms with Crippen molar-refractivity contribution in [3.8, 4) is 17.1 Å². The summed E-state index contributed by atoms with van der Waals surface area (Å²) in [6.07, 6.45) is 3.92. The van der Waals surface area contributed by atoms with E-state index in [1.54, 1.807) is 19.5 Å². The first kappa shape index (κ1) is 16.9. The Hall–Kier alpha value is -2.47. The van der Waals surface area contributed by atoms with Crippen LogP contribution in [0.4, 0.5) is 0 Å². The third kappa shape index (κ3) is 4.50. The van der Waals surface area contributed by atoms with E-state index >= 15 is 0 Å². The third-order valence-corrected chi connectivity index (χ3v) is 3.73. The average Bonchev–Trinajstić information content (AvgIpc) is 2.55. The van der Waals surface area contributed by atoms with E-state index in [2.05, 4.69) is 9.97 Å². The smallest absolute Gasteiger partial charge is 0.218 e. The fraction of sp³-hybridized carbons (Fsp3) is 0.353. The Morgan fingerprint density at radius 1 is 1.30 bits per heavy atom. The third-order valence-electron chi connectivity index (χ3n) is 3.73. The molecule has 6 nitrogen and oxygen atoms in total. The van der Waals surface area contributed by atoms with Crippen LogP contribution in [0.5, 0.6) is 5.75 Å². The van der Waals surface area contributed by atoms with Gasteiger partial charge in [0.1, 0.15) is 5.75 Å². The first-order chi connectivity index (χ1) is 11.0. The summed E-state index contributed by atoms with van der Waals surface area (Å²) in [5.74, 6) is 1.07. The summed E-state index contributed by atoms with van der Waals surface area (Å²) in [7, 11) is 3.57. The Morgan fingerprint density at radius 2 is 1.96 bits per heavy atom. The number of nitrogens with two attached hydrogens (primary N) is 1. The number of carbonyl (C=O) groups is 1. The largest absolute Gasteiger partial charge is 0.496 e. The first-order valence-electron chi connectivity index (χ1n) is 7.44. The van der Waals surface area contributed by atoms with Crippen LogP contribution in [-0.4, -0.2) is 41.0 Å². The predicted octanol–water partition coefficient (Wildman–Crippen LogP) is 1.85. The summed E-state index contributed by atoms with van der Waals surface area (Å²) in [5.41, 5.74) is 7.07. The van der Waals surface area contributed by atoms with Crippen molar-refractivity contribution in [2.75, 3.05) is 14.2 Å². The molecule has 0 saturated heterocycles. The highest BCUT2D eigenvalue weighted by Gasteiger charge is 2.13. The molecule has 1 unspecified atom stereocenters. The van der Waals surface area contributed by atoms with Gasteiger partial charge in [-0.2, -0.15) is 0 Å². The van der Waals surface area contributed by atoms with Crippen LogP contribution in [0.25, 0.3) is 11.4 Å². The van der Waals surface area contributed by atoms with Gasteiger partial charge in [0, 0.05) is 37.0 Å². The van der Waals surface area contributed by atoms with E-state index in [-0.39, 0.29) is 11.9 Å². The lowest BCUT2D eigenvalue weighted by Gasteiger charge is -2.23. The fourth-order valence-electron chi connectivity index (χ4n) is 2.30. The maximum absolute atomic E-state index is 11.0. The number of hydrogen-bond acceptors (Lipinski definition) is 5. The topological polar surface area (TPSA) is 81.3 Å². The number of aromatic nitrogens is 2. The van der Waals surface area contributed by atoms with Crippen LogP contribution in [0, 0.1) is 0 Å². The van der Waals surface area contributed by atoms with E-state index in [9.17, 15) is 4.79 Å². The van der Waals surface area contributed by atoms with Crippen molar-refractivity contribution < 1.29 is 9.53 Å². The minimum Gasteiger partial charge on any atom is -0.496 e. The molecule has 0 radical (unpaired) electrons. The van der Waals surface area contributed by atoms with Crippen LogP contribution in [0.2, 0.25) is 0 Å². The van der Waals surface area contributed by atoms with Crippen LogP contribution in [0.3, 0.4) is 0 Å². The molecule has 122 valence electrons. The molecule has 0 aliphatic rings. The number of nitrogens with zero attached hydrogens (tertiary/aromatic N) is 3. The lowest BCUT2D eigenvalue weighted by molar-refractivity contribution is -0.119. The maximum Gasteiger partial charge on any atom is 0.218 e. The van der Waals surface area contributed by atoms with Gasteiger partial charge in [-0.3, -0.25) is 9.69 Å². The quantitative estimate of drug-likeness (QED) is 0.843. The van der Waals surface area contributed by atoms with Gasteiger partial charge in [0.2, 0.25) is 5.91 Å². The van der Waals surface area contributed by atoms with Crippen molar-refractivity contribution in [2.24, 2.45) is 5.73 Å². The van der Waals surface area contributed by atoms with Gasteiger partial charge in [0.05, 0.1) is 12.7 Å². The molecular weight excluding hydrogens is 292 g/mol. The molecule has 0 spiro atoms. The van der Waals surface area contributed by atoms with E-state index in [0.717, 1.165) is 16.9 Å². The number of benzene rings is 1. The van der Waals surface area contributed by atoms with Crippen molar-refractivity contribution in [3.63, 3.8) is 0 Å². The maximum atomic E-state index is 11.0. The van der Waals surface area contributed by atoms with Crippen LogP contribution in [0.1, 0.15) is 18.9 Å². The lowest BCUT2D eigenvalue weighted by Crippen LogP contribution is -2.32. The number of carbonyl (C=O) groups excluding carboxylic acids is 1. The zero-order chi connectivity index (χ0) is 16.8. The molecule has 1 atom stereocenters. The highest BCUT2D eigenvalue weighted by molar-refractivity contribution is 5.74. The Labute approximate surface area is 136 Å². The summed E-state index contributed by atoms with van der Waals surface area (Å²) >= 11 is 0. The molecule has 23 heavy (non-hydrogen) atoms. The molecule has 2 N–H and O–H groups in total. The molecule has 0 aliphatic heterocycles. The minimum absolute atomic E-state index is 0.0707. The van der Waals surface area contributed by atoms with Crippen molar-refractivity contribution in [2.45, 2.75) is 25.9 Å². The van der Waals surface area contributed by atoms with E-state index in [0.29, 0.717) is 18.8 Å². The summed E-state index contributed by atoms with van der Waals surface area (Å²) in [4.78, 5) is 21.9. The van der Waals surface area contributed by atoms with E-state index in [4.69, 9.17) is 10.5 Å². The van der Waals surface area contributed by atoms with Gasteiger partial charge in [0.25, 0.3) is 0 Å². The monoisotopic (exact) mass is 314 g/mol. The second-order valence-electron chi connectivity index (χ2n) is 5.55. The molecule has 1 aromatic heterocycles. The summed E-state index contributed by atoms with van der Waals surface area (Å²) < 4.78 is 5.33. The number of primary amides is 1. The van der Waals surface area contributed by atoms with Crippen LogP contribution in [-0.2, 0) is 11.3 Å². The number of para-hydroxylation sites is 1. The van der Waals surface area contributed by atoms with Crippen LogP contribution in [0.15, 0.2) is 36.7 Å². The summed E-state index contributed by atoms with van der Waals surface area (Å²) in [6, 6.07) is 7.71. The van der Waals surface area contributed by atoms with Gasteiger partial charge in [-0.15, -0.1) is 0 Å². The molecule has 0 saturated carbocycles. The van der Waals surface area contributed by atoms with Crippen LogP contribution >= 0.6 is 0 Å². The second kappa shape index (κ2) is 7.69. The lowest BCUT2D eigenvalue weighted by atomic mass is 10.1. The predicted molar refractivity (Wildman–Crippen MR) is 88.8 cm³/mol. The number of amides is 1. The van der Waals surface area contributed by atoms with Crippen molar-refractivity contribution in [1.82, 2.24) is 14.9 Å². The minimum atomic E-state index is -0.299. The number of methoxy groups -OCH3 is 1. The molecule has 0 fully saturated rings. The number of hydrogen-bond donors (Lipinski definition) is 1. The molecule has 1 amide bonds. The van der Waals surface area contributed by atoms with E-state index < -0.39 is 0 Å². The molecular formula is C17H22N4O2. The molecule has 2 rings (SSSR count). The van der Waals surface area contributed by atoms with Gasteiger partial charge in [0.15, 0.2) is 5.82 Å². The van der Waals surface area contributed by atoms with Gasteiger partial charge in [-0.05, 0) is 26.1 Å². The Kier molecular flexibility index (Phi) is 5.65. The Bertz CT molecular complexity index is 658. The molecule has 2 aromatic rings. The van der Waals surface area contributed by atoms with E-state index in [1.165, 1.54) is 0 Å². The van der Waals surface area contributed by atoms with Crippen LogP contribution < -0.4 is 10.5 Å².